The summed E-state index contributed by atoms with van der Waals surface area (Å²) in [6, 6.07) is 0. The molecule has 2 heterocycles. The molecule has 112 valence electrons. The Hall–Kier alpha value is -1.68. The minimum Gasteiger partial charge on any atom is -0.487 e. The third-order valence-corrected chi connectivity index (χ3v) is 3.03. The van der Waals surface area contributed by atoms with E-state index in [0.717, 1.165) is 10.8 Å². The molecule has 0 aliphatic carbocycles. The highest BCUT2D eigenvalue weighted by Gasteiger charge is 2.43. The maximum atomic E-state index is 11.7. The first-order valence-corrected chi connectivity index (χ1v) is 6.10. The molecule has 0 amide bonds. The molecule has 4 atom stereocenters. The molecule has 1 saturated heterocycles. The largest absolute Gasteiger partial charge is 0.487 e. The third kappa shape index (κ3) is 2.48. The van der Waals surface area contributed by atoms with Gasteiger partial charge in [0, 0.05) is 0 Å². The second-order valence-electron chi connectivity index (χ2n) is 4.32. The van der Waals surface area contributed by atoms with E-state index in [1.807, 2.05) is 4.98 Å². The molecule has 2 rings (SSSR count). The second-order valence-corrected chi connectivity index (χ2v) is 4.32. The lowest BCUT2D eigenvalue weighted by atomic mass is 10.1. The van der Waals surface area contributed by atoms with Crippen molar-refractivity contribution in [1.29, 1.82) is 0 Å². The number of aromatic amines is 1. The maximum Gasteiger partial charge on any atom is 0.330 e. The van der Waals surface area contributed by atoms with Gasteiger partial charge >= 0.3 is 5.69 Å². The molecular weight excluding hydrogens is 272 g/mol. The van der Waals surface area contributed by atoms with Gasteiger partial charge in [0.05, 0.1) is 19.4 Å². The van der Waals surface area contributed by atoms with Crippen LogP contribution in [0.2, 0.25) is 0 Å². The summed E-state index contributed by atoms with van der Waals surface area (Å²) < 4.78 is 11.2. The normalized spacial score (nSPS) is 29.6. The first kappa shape index (κ1) is 14.7. The predicted octanol–water partition coefficient (Wildman–Crippen LogP) is -2.45. The lowest BCUT2D eigenvalue weighted by Crippen LogP contribution is -2.38. The molecule has 1 aromatic heterocycles. The first-order valence-electron chi connectivity index (χ1n) is 6.10. The summed E-state index contributed by atoms with van der Waals surface area (Å²) in [5.74, 6) is -0.107. The number of nitrogens with one attached hydrogen (secondary N) is 1. The summed E-state index contributed by atoms with van der Waals surface area (Å²) in [7, 11) is 0. The Morgan fingerprint density at radius 2 is 2.10 bits per heavy atom. The molecule has 1 aliphatic heterocycles. The molecule has 4 N–H and O–H groups in total. The van der Waals surface area contributed by atoms with Gasteiger partial charge < -0.3 is 24.8 Å². The molecule has 0 radical (unpaired) electrons. The Bertz CT molecular complexity index is 581. The Balaban J connectivity index is 2.40. The van der Waals surface area contributed by atoms with Crippen molar-refractivity contribution in [2.75, 3.05) is 13.2 Å². The molecule has 0 unspecified atom stereocenters. The van der Waals surface area contributed by atoms with Crippen molar-refractivity contribution < 1.29 is 24.8 Å². The number of hydrogen-bond donors (Lipinski definition) is 4. The van der Waals surface area contributed by atoms with E-state index in [1.54, 1.807) is 6.92 Å². The van der Waals surface area contributed by atoms with Gasteiger partial charge in [-0.25, -0.2) is 4.79 Å². The number of aliphatic hydroxyl groups is 3. The van der Waals surface area contributed by atoms with Gasteiger partial charge in [0.2, 0.25) is 5.75 Å². The van der Waals surface area contributed by atoms with Crippen LogP contribution in [0.3, 0.4) is 0 Å². The molecular formula is C11H16N2O7. The van der Waals surface area contributed by atoms with Crippen molar-refractivity contribution in [2.24, 2.45) is 0 Å². The quantitative estimate of drug-likeness (QED) is 0.483. The number of ether oxygens (including phenoxy) is 2. The Morgan fingerprint density at radius 1 is 1.40 bits per heavy atom. The van der Waals surface area contributed by atoms with Crippen LogP contribution in [-0.2, 0) is 4.74 Å². The maximum absolute atomic E-state index is 11.7. The molecule has 9 heteroatoms. The number of hydrogen-bond acceptors (Lipinski definition) is 7. The summed E-state index contributed by atoms with van der Waals surface area (Å²) in [6.45, 7) is 1.38. The molecule has 1 aromatic rings. The third-order valence-electron chi connectivity index (χ3n) is 3.03. The predicted molar refractivity (Wildman–Crippen MR) is 65.5 cm³/mol. The van der Waals surface area contributed by atoms with Gasteiger partial charge in [-0.3, -0.25) is 14.3 Å². The Kier molecular flexibility index (Phi) is 4.23. The van der Waals surface area contributed by atoms with Crippen molar-refractivity contribution in [3.63, 3.8) is 0 Å². The monoisotopic (exact) mass is 288 g/mol. The number of nitrogens with zero attached hydrogens (tertiary/aromatic N) is 1. The summed E-state index contributed by atoms with van der Waals surface area (Å²) >= 11 is 0. The molecule has 0 bridgehead atoms. The summed E-state index contributed by atoms with van der Waals surface area (Å²) in [5.41, 5.74) is -1.51. The van der Waals surface area contributed by atoms with Crippen LogP contribution in [0.1, 0.15) is 13.2 Å². The minimum atomic E-state index is -1.41. The molecule has 0 spiro atoms. The van der Waals surface area contributed by atoms with Crippen LogP contribution in [0.25, 0.3) is 0 Å². The summed E-state index contributed by atoms with van der Waals surface area (Å²) in [5, 5.41) is 28.5. The average molecular weight is 288 g/mol. The van der Waals surface area contributed by atoms with E-state index in [1.165, 1.54) is 0 Å². The topological polar surface area (TPSA) is 134 Å². The van der Waals surface area contributed by atoms with Crippen LogP contribution < -0.4 is 16.0 Å². The van der Waals surface area contributed by atoms with E-state index in [4.69, 9.17) is 14.6 Å². The molecule has 1 fully saturated rings. The fraction of sp³-hybridized carbons (Fsp3) is 0.636. The van der Waals surface area contributed by atoms with E-state index in [9.17, 15) is 19.8 Å². The van der Waals surface area contributed by atoms with Crippen molar-refractivity contribution in [3.05, 3.63) is 27.0 Å². The van der Waals surface area contributed by atoms with E-state index in [-0.39, 0.29) is 12.4 Å². The number of aliphatic hydroxyl groups excluding tert-OH is 3. The smallest absolute Gasteiger partial charge is 0.330 e. The second kappa shape index (κ2) is 5.75. The molecule has 20 heavy (non-hydrogen) atoms. The van der Waals surface area contributed by atoms with Crippen LogP contribution in [0.5, 0.6) is 5.75 Å². The van der Waals surface area contributed by atoms with Gasteiger partial charge in [-0.1, -0.05) is 0 Å². The average Bonchev–Trinajstić information content (AvgIpc) is 2.70. The van der Waals surface area contributed by atoms with Crippen LogP contribution in [0.4, 0.5) is 0 Å². The highest BCUT2D eigenvalue weighted by Crippen LogP contribution is 2.28. The number of rotatable bonds is 4. The van der Waals surface area contributed by atoms with Gasteiger partial charge in [-0.05, 0) is 6.92 Å². The number of aromatic nitrogens is 2. The van der Waals surface area contributed by atoms with Gasteiger partial charge in [-0.15, -0.1) is 0 Å². The minimum absolute atomic E-state index is 0.107. The van der Waals surface area contributed by atoms with E-state index in [0.29, 0.717) is 0 Å². The molecule has 0 saturated carbocycles. The molecule has 9 nitrogen and oxygen atoms in total. The van der Waals surface area contributed by atoms with Crippen molar-refractivity contribution >= 4 is 0 Å². The lowest BCUT2D eigenvalue weighted by Gasteiger charge is -2.17. The van der Waals surface area contributed by atoms with Crippen molar-refractivity contribution in [1.82, 2.24) is 9.55 Å². The number of H-pyrrole nitrogens is 1. The standard InChI is InChI=1S/C11H16N2O7/c1-2-19-5-3-13(11(18)12-9(5)17)10-8(16)7(15)6(4-14)20-10/h3,6-8,10,14-16H,2,4H2,1H3,(H,12,17,18)/t6-,7-,8-,10-/m0/s1. The van der Waals surface area contributed by atoms with Gasteiger partial charge in [0.25, 0.3) is 5.56 Å². The van der Waals surface area contributed by atoms with Gasteiger partial charge in [0.15, 0.2) is 6.23 Å². The van der Waals surface area contributed by atoms with Crippen molar-refractivity contribution in [3.8, 4) is 5.75 Å². The van der Waals surface area contributed by atoms with Crippen LogP contribution in [0, 0.1) is 0 Å². The molecule has 0 aromatic carbocycles. The van der Waals surface area contributed by atoms with E-state index < -0.39 is 42.4 Å². The fourth-order valence-electron chi connectivity index (χ4n) is 2.02. The van der Waals surface area contributed by atoms with E-state index in [2.05, 4.69) is 0 Å². The van der Waals surface area contributed by atoms with Crippen LogP contribution >= 0.6 is 0 Å². The Morgan fingerprint density at radius 3 is 2.65 bits per heavy atom. The fourth-order valence-corrected chi connectivity index (χ4v) is 2.02. The van der Waals surface area contributed by atoms with Gasteiger partial charge in [0.1, 0.15) is 18.3 Å². The first-order chi connectivity index (χ1) is 9.49. The molecule has 1 aliphatic rings. The van der Waals surface area contributed by atoms with E-state index >= 15 is 0 Å². The zero-order valence-corrected chi connectivity index (χ0v) is 10.7. The van der Waals surface area contributed by atoms with Gasteiger partial charge in [-0.2, -0.15) is 0 Å². The Labute approximate surface area is 113 Å². The lowest BCUT2D eigenvalue weighted by molar-refractivity contribution is -0.0553. The van der Waals surface area contributed by atoms with Crippen LogP contribution in [0.15, 0.2) is 15.8 Å². The highest BCUT2D eigenvalue weighted by atomic mass is 16.6. The summed E-state index contributed by atoms with van der Waals surface area (Å²) in [4.78, 5) is 25.3. The highest BCUT2D eigenvalue weighted by molar-refractivity contribution is 5.13. The zero-order chi connectivity index (χ0) is 14.9. The SMILES string of the molecule is CCOc1cn([C@H]2O[C@@H](CO)[C@H](O)[C@@H]2O)c(=O)[nH]c1=O. The van der Waals surface area contributed by atoms with Crippen LogP contribution in [-0.4, -0.2) is 56.4 Å². The van der Waals surface area contributed by atoms with Crippen molar-refractivity contribution in [2.45, 2.75) is 31.5 Å². The summed E-state index contributed by atoms with van der Waals surface area (Å²) in [6.07, 6.45) is -3.87. The zero-order valence-electron chi connectivity index (χ0n) is 10.7.